The van der Waals surface area contributed by atoms with Crippen LogP contribution in [0.3, 0.4) is 0 Å². The van der Waals surface area contributed by atoms with Crippen LogP contribution in [0.5, 0.6) is 0 Å². The normalized spacial score (nSPS) is 12.4. The second-order valence-corrected chi connectivity index (χ2v) is 9.20. The summed E-state index contributed by atoms with van der Waals surface area (Å²) in [5, 5.41) is 31.9. The molecule has 40 heavy (non-hydrogen) atoms. The van der Waals surface area contributed by atoms with Crippen LogP contribution in [0.1, 0.15) is 18.2 Å². The molecule has 0 saturated carbocycles. The van der Waals surface area contributed by atoms with Crippen molar-refractivity contribution in [3.8, 4) is 28.1 Å². The maximum absolute atomic E-state index is 15.3. The molecule has 0 bridgehead atoms. The molecule has 208 valence electrons. The predicted octanol–water partition coefficient (Wildman–Crippen LogP) is 4.36. The third kappa shape index (κ3) is 5.35. The number of ether oxygens (including phenoxy) is 1. The number of aromatic nitrogens is 9. The molecule has 1 aromatic carbocycles. The van der Waals surface area contributed by atoms with Gasteiger partial charge < -0.3 is 9.94 Å². The molecule has 0 fully saturated rings. The van der Waals surface area contributed by atoms with Gasteiger partial charge in [-0.2, -0.15) is 23.0 Å². The van der Waals surface area contributed by atoms with Crippen LogP contribution in [-0.2, 0) is 11.8 Å². The van der Waals surface area contributed by atoms with Gasteiger partial charge >= 0.3 is 6.61 Å². The minimum Gasteiger partial charge on any atom is -0.618 e. The van der Waals surface area contributed by atoms with E-state index in [0.717, 1.165) is 6.20 Å². The fraction of sp³-hybridized carbons (Fsp3) is 0.217. The summed E-state index contributed by atoms with van der Waals surface area (Å²) in [5.74, 6) is -1.65. The van der Waals surface area contributed by atoms with Crippen LogP contribution in [0.2, 0.25) is 10.2 Å². The Kier molecular flexibility index (Phi) is 7.69. The molecule has 0 N–H and O–H groups in total. The Balaban J connectivity index is 1.56. The van der Waals surface area contributed by atoms with Gasteiger partial charge in [-0.1, -0.05) is 38.7 Å². The van der Waals surface area contributed by atoms with Crippen molar-refractivity contribution in [2.45, 2.75) is 19.1 Å². The van der Waals surface area contributed by atoms with Crippen LogP contribution in [0.4, 0.5) is 17.6 Å². The standard InChI is InChI=1S/C23H17Cl2F4N9O2/c1-35-21(22(27)32-33-35)13-8-30-36(9-13)15(6-7-40-23(28)29)16-4-2-12(10-38(16)39)19-17(5-3-14(24)20(19)26)37-11-18(25)31-34-37/h2-5,8-11,15,23H,6-7H2,1H3/t15-/m0/s1. The molecule has 0 saturated heterocycles. The van der Waals surface area contributed by atoms with Gasteiger partial charge in [-0.25, -0.2) is 13.8 Å². The lowest BCUT2D eigenvalue weighted by atomic mass is 10.0. The summed E-state index contributed by atoms with van der Waals surface area (Å²) in [4.78, 5) is 0. The Labute approximate surface area is 232 Å². The summed E-state index contributed by atoms with van der Waals surface area (Å²) in [7, 11) is 1.48. The Morgan fingerprint density at radius 3 is 2.50 bits per heavy atom. The first kappa shape index (κ1) is 27.5. The summed E-state index contributed by atoms with van der Waals surface area (Å²) in [6.45, 7) is -3.46. The highest BCUT2D eigenvalue weighted by atomic mass is 35.5. The maximum atomic E-state index is 15.3. The van der Waals surface area contributed by atoms with Crippen LogP contribution in [0.25, 0.3) is 28.1 Å². The lowest BCUT2D eigenvalue weighted by Gasteiger charge is -2.18. The average molecular weight is 598 g/mol. The van der Waals surface area contributed by atoms with Gasteiger partial charge in [0.05, 0.1) is 40.8 Å². The summed E-state index contributed by atoms with van der Waals surface area (Å²) >= 11 is 11.9. The van der Waals surface area contributed by atoms with Crippen molar-refractivity contribution in [3.63, 3.8) is 0 Å². The monoisotopic (exact) mass is 597 g/mol. The van der Waals surface area contributed by atoms with Crippen LogP contribution >= 0.6 is 23.2 Å². The fourth-order valence-corrected chi connectivity index (χ4v) is 4.50. The number of halogens is 6. The predicted molar refractivity (Wildman–Crippen MR) is 133 cm³/mol. The second kappa shape index (κ2) is 11.2. The molecule has 0 aliphatic rings. The van der Waals surface area contributed by atoms with Gasteiger partial charge in [-0.3, -0.25) is 4.68 Å². The van der Waals surface area contributed by atoms with E-state index in [1.165, 1.54) is 63.9 Å². The van der Waals surface area contributed by atoms with Gasteiger partial charge in [0.15, 0.2) is 17.2 Å². The molecule has 5 rings (SSSR count). The first-order valence-electron chi connectivity index (χ1n) is 11.4. The minimum absolute atomic E-state index is 0.0383. The Hall–Kier alpha value is -4.08. The fourth-order valence-electron chi connectivity index (χ4n) is 4.22. The van der Waals surface area contributed by atoms with E-state index in [4.69, 9.17) is 23.2 Å². The van der Waals surface area contributed by atoms with Crippen molar-refractivity contribution in [3.05, 3.63) is 81.9 Å². The van der Waals surface area contributed by atoms with Crippen LogP contribution in [-0.4, -0.2) is 53.0 Å². The van der Waals surface area contributed by atoms with Gasteiger partial charge in [0.25, 0.3) is 5.95 Å². The molecule has 0 radical (unpaired) electrons. The maximum Gasteiger partial charge on any atom is 0.345 e. The van der Waals surface area contributed by atoms with E-state index in [-0.39, 0.29) is 50.4 Å². The highest BCUT2D eigenvalue weighted by molar-refractivity contribution is 6.31. The first-order valence-corrected chi connectivity index (χ1v) is 12.2. The average Bonchev–Trinajstić information content (AvgIpc) is 3.64. The molecule has 4 aromatic heterocycles. The summed E-state index contributed by atoms with van der Waals surface area (Å²) < 4.78 is 63.4. The Morgan fingerprint density at radius 1 is 1.05 bits per heavy atom. The number of rotatable bonds is 9. The summed E-state index contributed by atoms with van der Waals surface area (Å²) in [6.07, 6.45) is 5.09. The van der Waals surface area contributed by atoms with E-state index < -0.39 is 31.0 Å². The molecule has 0 amide bonds. The third-order valence-corrected chi connectivity index (χ3v) is 6.44. The number of hydrogen-bond acceptors (Lipinski definition) is 7. The number of hydrogen-bond donors (Lipinski definition) is 0. The van der Waals surface area contributed by atoms with Gasteiger partial charge in [-0.05, 0) is 18.2 Å². The van der Waals surface area contributed by atoms with E-state index in [0.29, 0.717) is 4.73 Å². The molecule has 0 aliphatic heterocycles. The highest BCUT2D eigenvalue weighted by Gasteiger charge is 2.27. The number of benzene rings is 1. The zero-order valence-corrected chi connectivity index (χ0v) is 21.8. The van der Waals surface area contributed by atoms with Crippen LogP contribution in [0, 0.1) is 17.0 Å². The Bertz CT molecular complexity index is 1650. The molecule has 0 unspecified atom stereocenters. The topological polar surface area (TPSA) is 115 Å². The summed E-state index contributed by atoms with van der Waals surface area (Å²) in [5.41, 5.74) is 0.676. The van der Waals surface area contributed by atoms with Crippen molar-refractivity contribution >= 4 is 23.2 Å². The molecular weight excluding hydrogens is 581 g/mol. The van der Waals surface area contributed by atoms with Gasteiger partial charge in [0.2, 0.25) is 5.69 Å². The number of alkyl halides is 2. The van der Waals surface area contributed by atoms with Gasteiger partial charge in [0.1, 0.15) is 11.7 Å². The third-order valence-electron chi connectivity index (χ3n) is 5.97. The zero-order chi connectivity index (χ0) is 28.6. The lowest BCUT2D eigenvalue weighted by Crippen LogP contribution is -2.36. The van der Waals surface area contributed by atoms with Gasteiger partial charge in [-0.15, -0.1) is 5.10 Å². The molecule has 1 atom stereocenters. The molecule has 0 spiro atoms. The van der Waals surface area contributed by atoms with Crippen LogP contribution < -0.4 is 4.73 Å². The molecule has 17 heteroatoms. The molecule has 4 heterocycles. The van der Waals surface area contributed by atoms with Crippen LogP contribution in [0.15, 0.2) is 49.1 Å². The van der Waals surface area contributed by atoms with E-state index in [9.17, 15) is 18.4 Å². The summed E-state index contributed by atoms with van der Waals surface area (Å²) in [6, 6.07) is 4.72. The quantitative estimate of drug-likeness (QED) is 0.141. The Morgan fingerprint density at radius 2 is 1.85 bits per heavy atom. The number of aryl methyl sites for hydroxylation is 1. The van der Waals surface area contributed by atoms with E-state index in [1.54, 1.807) is 0 Å². The highest BCUT2D eigenvalue weighted by Crippen LogP contribution is 2.34. The largest absolute Gasteiger partial charge is 0.618 e. The zero-order valence-electron chi connectivity index (χ0n) is 20.3. The van der Waals surface area contributed by atoms with Crippen molar-refractivity contribution in [1.82, 2.24) is 39.8 Å². The van der Waals surface area contributed by atoms with Gasteiger partial charge in [0, 0.05) is 31.3 Å². The van der Waals surface area contributed by atoms with E-state index in [2.05, 4.69) is 30.5 Å². The van der Waals surface area contributed by atoms with E-state index in [1.807, 2.05) is 0 Å². The molecule has 11 nitrogen and oxygen atoms in total. The SMILES string of the molecule is Cn1nnc(F)c1-c1cnn([C@@H](CCOC(F)F)c2ccc(-c3c(-n4cc(Cl)nn4)ccc(Cl)c3F)c[n+]2[O-])c1. The lowest BCUT2D eigenvalue weighted by molar-refractivity contribution is -0.615. The minimum atomic E-state index is -3.03. The first-order chi connectivity index (χ1) is 19.1. The molecular formula is C23H17Cl2F4N9O2. The van der Waals surface area contributed by atoms with Crippen molar-refractivity contribution < 1.29 is 27.0 Å². The molecule has 0 aliphatic carbocycles. The van der Waals surface area contributed by atoms with Crippen molar-refractivity contribution in [1.29, 1.82) is 0 Å². The van der Waals surface area contributed by atoms with Crippen molar-refractivity contribution in [2.24, 2.45) is 7.05 Å². The second-order valence-electron chi connectivity index (χ2n) is 8.41. The van der Waals surface area contributed by atoms with Crippen molar-refractivity contribution in [2.75, 3.05) is 6.61 Å². The smallest absolute Gasteiger partial charge is 0.345 e. The van der Waals surface area contributed by atoms with E-state index >= 15 is 4.39 Å². The number of pyridine rings is 1. The molecule has 5 aromatic rings. The number of nitrogens with zero attached hydrogens (tertiary/aromatic N) is 9.